The van der Waals surface area contributed by atoms with Crippen molar-refractivity contribution in [3.8, 4) is 0 Å². The molecule has 5 heavy (non-hydrogen) atoms. The van der Waals surface area contributed by atoms with Gasteiger partial charge in [0.05, 0.1) is 0 Å². The van der Waals surface area contributed by atoms with Gasteiger partial charge >= 0.3 is 29.6 Å². The van der Waals surface area contributed by atoms with Crippen molar-refractivity contribution in [2.24, 2.45) is 10.6 Å². The molecule has 0 saturated heterocycles. The van der Waals surface area contributed by atoms with Crippen LogP contribution in [0.2, 0.25) is 0 Å². The van der Waals surface area contributed by atoms with E-state index in [9.17, 15) is 0 Å². The van der Waals surface area contributed by atoms with Gasteiger partial charge in [-0.3, -0.25) is 0 Å². The van der Waals surface area contributed by atoms with E-state index in [-0.39, 0.29) is 29.6 Å². The topological polar surface area (TPSA) is 68.0 Å². The minimum absolute atomic E-state index is 0. The first-order valence-corrected chi connectivity index (χ1v) is 0.583. The van der Waals surface area contributed by atoms with E-state index in [0.717, 1.165) is 0 Å². The summed E-state index contributed by atoms with van der Waals surface area (Å²) in [6.07, 6.45) is 0. The maximum absolute atomic E-state index is 8.51. The molecule has 5 heteroatoms. The molecule has 0 radical (unpaired) electrons. The summed E-state index contributed by atoms with van der Waals surface area (Å²) >= 11 is 0. The van der Waals surface area contributed by atoms with Crippen molar-refractivity contribution < 1.29 is 34.8 Å². The quantitative estimate of drug-likeness (QED) is 0.197. The van der Waals surface area contributed by atoms with E-state index < -0.39 is 0 Å². The van der Waals surface area contributed by atoms with Crippen LogP contribution in [0.5, 0.6) is 0 Å². The summed E-state index contributed by atoms with van der Waals surface area (Å²) in [4.78, 5) is 0. The summed E-state index contributed by atoms with van der Waals surface area (Å²) in [5, 5.41) is 19.0. The number of nitrogens with zero attached hydrogens (tertiary/aromatic N) is 2. The van der Waals surface area contributed by atoms with Crippen molar-refractivity contribution in [3.05, 3.63) is 5.21 Å². The number of hydrogen-bond donors (Lipinski definition) is 1. The molecular formula is HN2NaO2. The summed E-state index contributed by atoms with van der Waals surface area (Å²) in [6, 6.07) is 0. The zero-order chi connectivity index (χ0) is 3.41. The van der Waals surface area contributed by atoms with E-state index in [4.69, 9.17) is 10.4 Å². The molecule has 0 unspecified atom stereocenters. The normalized spacial score (nSPS) is 7.20. The maximum atomic E-state index is 8.51. The molecule has 0 fully saturated rings. The maximum Gasteiger partial charge on any atom is 1.00 e. The third-order valence-electron chi connectivity index (χ3n) is 0.0365. The summed E-state index contributed by atoms with van der Waals surface area (Å²) in [7, 11) is 0. The van der Waals surface area contributed by atoms with Crippen LogP contribution < -0.4 is 29.6 Å². The number of hydrogen-bond acceptors (Lipinski definition) is 3. The van der Waals surface area contributed by atoms with Gasteiger partial charge in [0, 0.05) is 5.28 Å². The van der Waals surface area contributed by atoms with Crippen LogP contribution >= 0.6 is 0 Å². The van der Waals surface area contributed by atoms with Crippen molar-refractivity contribution in [1.29, 1.82) is 0 Å². The fourth-order valence-corrected chi connectivity index (χ4v) is 0. The average Bonchev–Trinajstić information content (AvgIpc) is 1.37. The van der Waals surface area contributed by atoms with Gasteiger partial charge in [-0.2, -0.15) is 5.28 Å². The summed E-state index contributed by atoms with van der Waals surface area (Å²) in [5.41, 5.74) is 0. The van der Waals surface area contributed by atoms with Gasteiger partial charge in [0.2, 0.25) is 0 Å². The van der Waals surface area contributed by atoms with Gasteiger partial charge in [0.15, 0.2) is 0 Å². The summed E-state index contributed by atoms with van der Waals surface area (Å²) in [6.45, 7) is 0. The third-order valence-corrected chi connectivity index (χ3v) is 0.0365. The Balaban J connectivity index is 0. The van der Waals surface area contributed by atoms with Crippen LogP contribution in [-0.2, 0) is 0 Å². The Bertz CT molecular complexity index is 22.8. The molecule has 1 N–H and O–H groups in total. The van der Waals surface area contributed by atoms with Crippen molar-refractivity contribution >= 4 is 0 Å². The molecule has 4 nitrogen and oxygen atoms in total. The Morgan fingerprint density at radius 2 is 1.80 bits per heavy atom. The monoisotopic (exact) mass is 84.0 g/mol. The molecular weight excluding hydrogens is 83.0 g/mol. The molecule has 0 spiro atoms. The molecule has 0 aliphatic heterocycles. The number of rotatable bonds is 0. The minimum atomic E-state index is 0. The van der Waals surface area contributed by atoms with Gasteiger partial charge in [-0.1, -0.05) is 0 Å². The minimum Gasteiger partial charge on any atom is -0.773 e. The molecule has 0 atom stereocenters. The van der Waals surface area contributed by atoms with Crippen LogP contribution in [0.25, 0.3) is 0 Å². The smallest absolute Gasteiger partial charge is 0.773 e. The fraction of sp³-hybridized carbons (Fsp3) is 0. The van der Waals surface area contributed by atoms with E-state index in [2.05, 4.69) is 0 Å². The van der Waals surface area contributed by atoms with Crippen molar-refractivity contribution in [2.45, 2.75) is 0 Å². The van der Waals surface area contributed by atoms with Gasteiger partial charge in [-0.25, -0.2) is 0 Å². The van der Waals surface area contributed by atoms with Crippen LogP contribution in [0, 0.1) is 5.21 Å². The molecule has 0 aromatic rings. The molecule has 0 amide bonds. The van der Waals surface area contributed by atoms with Crippen molar-refractivity contribution in [3.63, 3.8) is 0 Å². The first-order valence-electron chi connectivity index (χ1n) is 0.583. The molecule has 0 aromatic carbocycles. The molecule has 0 aliphatic rings. The van der Waals surface area contributed by atoms with E-state index in [1.54, 1.807) is 10.6 Å². The Morgan fingerprint density at radius 3 is 1.80 bits per heavy atom. The SMILES string of the molecule is [Na+].[O-]N=NO. The largest absolute Gasteiger partial charge is 1.00 e. The zero-order valence-electron chi connectivity index (χ0n) is 2.75. The van der Waals surface area contributed by atoms with Gasteiger partial charge in [0.1, 0.15) is 0 Å². The van der Waals surface area contributed by atoms with Crippen molar-refractivity contribution in [1.82, 2.24) is 0 Å². The second kappa shape index (κ2) is 8.89. The van der Waals surface area contributed by atoms with Crippen molar-refractivity contribution in [2.75, 3.05) is 0 Å². The Hall–Kier alpha value is 0.200. The van der Waals surface area contributed by atoms with E-state index in [1.165, 1.54) is 0 Å². The second-order valence-electron chi connectivity index (χ2n) is 0.171. The van der Waals surface area contributed by atoms with Crippen LogP contribution in [0.3, 0.4) is 0 Å². The second-order valence-corrected chi connectivity index (χ2v) is 0.171. The summed E-state index contributed by atoms with van der Waals surface area (Å²) in [5.74, 6) is 0. The Kier molecular flexibility index (Phi) is 15.9. The molecule has 0 rings (SSSR count). The first-order chi connectivity index (χ1) is 1.91. The molecule has 0 saturated carbocycles. The standard InChI is InChI=1S/H2N2O2.Na/c3-1-2-4;/h(H,1,4)(H,2,3);/q;+1/p-1. The Labute approximate surface area is 50.7 Å². The van der Waals surface area contributed by atoms with Gasteiger partial charge in [-0.15, -0.1) is 0 Å². The molecule has 0 bridgehead atoms. The van der Waals surface area contributed by atoms with Crippen LogP contribution in [-0.4, -0.2) is 5.21 Å². The van der Waals surface area contributed by atoms with Gasteiger partial charge in [-0.05, 0) is 0 Å². The first kappa shape index (κ1) is 8.96. The van der Waals surface area contributed by atoms with Crippen LogP contribution in [0.1, 0.15) is 0 Å². The van der Waals surface area contributed by atoms with Gasteiger partial charge in [0.25, 0.3) is 0 Å². The fourth-order valence-electron chi connectivity index (χ4n) is 0. The Morgan fingerprint density at radius 1 is 1.60 bits per heavy atom. The van der Waals surface area contributed by atoms with Crippen LogP contribution in [0.4, 0.5) is 0 Å². The van der Waals surface area contributed by atoms with E-state index >= 15 is 0 Å². The predicted molar refractivity (Wildman–Crippen MR) is 10.0 cm³/mol. The molecule has 24 valence electrons. The average molecular weight is 84.0 g/mol. The molecule has 0 aliphatic carbocycles. The zero-order valence-corrected chi connectivity index (χ0v) is 4.75. The molecule has 0 aromatic heterocycles. The van der Waals surface area contributed by atoms with E-state index in [1.807, 2.05) is 0 Å². The van der Waals surface area contributed by atoms with E-state index in [0.29, 0.717) is 0 Å². The molecule has 0 heterocycles. The van der Waals surface area contributed by atoms with Gasteiger partial charge < -0.3 is 10.4 Å². The predicted octanol–water partition coefficient (Wildman–Crippen LogP) is -2.67. The summed E-state index contributed by atoms with van der Waals surface area (Å²) < 4.78 is 0. The van der Waals surface area contributed by atoms with Crippen LogP contribution in [0.15, 0.2) is 10.6 Å². The third kappa shape index (κ3) is 14.1.